The minimum atomic E-state index is -0.367. The van der Waals surface area contributed by atoms with Gasteiger partial charge in [-0.25, -0.2) is 0 Å². The van der Waals surface area contributed by atoms with Crippen molar-refractivity contribution < 1.29 is 5.11 Å². The number of nitrogens with two attached hydrogens (primary N) is 1. The molecule has 1 aliphatic rings. The second kappa shape index (κ2) is 5.78. The first-order valence-electron chi connectivity index (χ1n) is 7.65. The molecule has 1 atom stereocenters. The maximum Gasteiger partial charge on any atom is 0.209 e. The fourth-order valence-corrected chi connectivity index (χ4v) is 3.94. The van der Waals surface area contributed by atoms with E-state index < -0.39 is 0 Å². The fraction of sp³-hybridized carbons (Fsp3) is 0.400. The molecule has 120 valence electrons. The lowest BCUT2D eigenvalue weighted by Gasteiger charge is -2.34. The Kier molecular flexibility index (Phi) is 3.62. The number of aliphatic hydroxyl groups is 1. The maximum atomic E-state index is 10.5. The van der Waals surface area contributed by atoms with Gasteiger partial charge in [0.25, 0.3) is 0 Å². The normalized spacial score (nSPS) is 17.7. The smallest absolute Gasteiger partial charge is 0.209 e. The summed E-state index contributed by atoms with van der Waals surface area (Å²) in [6, 6.07) is 5.89. The molecule has 0 saturated carbocycles. The van der Waals surface area contributed by atoms with E-state index in [0.717, 1.165) is 36.6 Å². The molecule has 3 aromatic heterocycles. The Hall–Kier alpha value is -2.19. The Morgan fingerprint density at radius 3 is 2.91 bits per heavy atom. The Labute approximate surface area is 137 Å². The Morgan fingerprint density at radius 2 is 2.17 bits per heavy atom. The molecule has 1 unspecified atom stereocenters. The lowest BCUT2D eigenvalue weighted by atomic mass is 9.90. The minimum absolute atomic E-state index is 0.291. The number of hydrogen-bond donors (Lipinski definition) is 2. The van der Waals surface area contributed by atoms with E-state index in [1.54, 1.807) is 22.1 Å². The first-order chi connectivity index (χ1) is 11.2. The topological polar surface area (TPSA) is 92.6 Å². The van der Waals surface area contributed by atoms with Crippen LogP contribution in [0.1, 0.15) is 23.8 Å². The molecular formula is C15H18N6OS. The van der Waals surface area contributed by atoms with Gasteiger partial charge in [0, 0.05) is 24.0 Å². The monoisotopic (exact) mass is 330 g/mol. The van der Waals surface area contributed by atoms with Gasteiger partial charge in [0.15, 0.2) is 5.65 Å². The number of nitrogens with zero attached hydrogens (tertiary/aromatic N) is 5. The second-order valence-corrected chi connectivity index (χ2v) is 6.80. The SMILES string of the molecule is Nc1nc(N2CCC(C(O)c3cccs3)CC2)cc2nncn12. The summed E-state index contributed by atoms with van der Waals surface area (Å²) in [4.78, 5) is 7.69. The van der Waals surface area contributed by atoms with Crippen LogP contribution in [0.2, 0.25) is 0 Å². The van der Waals surface area contributed by atoms with Gasteiger partial charge in [-0.3, -0.25) is 4.40 Å². The molecule has 4 rings (SSSR count). The van der Waals surface area contributed by atoms with Gasteiger partial charge in [0.05, 0.1) is 6.10 Å². The van der Waals surface area contributed by atoms with Gasteiger partial charge in [0.2, 0.25) is 5.95 Å². The molecule has 1 fully saturated rings. The number of hydrogen-bond acceptors (Lipinski definition) is 7. The van der Waals surface area contributed by atoms with Gasteiger partial charge in [-0.1, -0.05) is 6.07 Å². The number of rotatable bonds is 3. The van der Waals surface area contributed by atoms with E-state index in [1.807, 2.05) is 23.6 Å². The minimum Gasteiger partial charge on any atom is -0.387 e. The molecule has 7 nitrogen and oxygen atoms in total. The van der Waals surface area contributed by atoms with Crippen LogP contribution in [0.5, 0.6) is 0 Å². The third-order valence-electron chi connectivity index (χ3n) is 4.45. The van der Waals surface area contributed by atoms with Crippen LogP contribution in [0.3, 0.4) is 0 Å². The molecule has 0 spiro atoms. The molecule has 1 aliphatic heterocycles. The first-order valence-corrected chi connectivity index (χ1v) is 8.53. The Balaban J connectivity index is 1.48. The largest absolute Gasteiger partial charge is 0.387 e. The summed E-state index contributed by atoms with van der Waals surface area (Å²) in [6.45, 7) is 1.70. The van der Waals surface area contributed by atoms with Crippen molar-refractivity contribution in [2.45, 2.75) is 18.9 Å². The summed E-state index contributed by atoms with van der Waals surface area (Å²) in [6.07, 6.45) is 3.05. The molecule has 0 aliphatic carbocycles. The van der Waals surface area contributed by atoms with E-state index >= 15 is 0 Å². The van der Waals surface area contributed by atoms with Crippen LogP contribution in [-0.2, 0) is 0 Å². The molecular weight excluding hydrogens is 312 g/mol. The predicted molar refractivity (Wildman–Crippen MR) is 89.4 cm³/mol. The standard InChI is InChI=1S/C15H18N6OS/c16-15-18-12(8-13-19-17-9-21(13)15)20-5-3-10(4-6-20)14(22)11-2-1-7-23-11/h1-2,7-10,14,22H,3-6H2,(H2,16,18). The number of anilines is 2. The van der Waals surface area contributed by atoms with Crippen molar-refractivity contribution in [2.75, 3.05) is 23.7 Å². The zero-order chi connectivity index (χ0) is 15.8. The van der Waals surface area contributed by atoms with Crippen LogP contribution < -0.4 is 10.6 Å². The van der Waals surface area contributed by atoms with Crippen molar-refractivity contribution in [3.63, 3.8) is 0 Å². The molecule has 0 amide bonds. The molecule has 4 heterocycles. The van der Waals surface area contributed by atoms with Crippen molar-refractivity contribution in [1.29, 1.82) is 0 Å². The van der Waals surface area contributed by atoms with Gasteiger partial charge in [-0.15, -0.1) is 21.5 Å². The summed E-state index contributed by atoms with van der Waals surface area (Å²) >= 11 is 1.62. The van der Waals surface area contributed by atoms with E-state index in [9.17, 15) is 5.11 Å². The van der Waals surface area contributed by atoms with Gasteiger partial charge < -0.3 is 15.7 Å². The first kappa shape index (κ1) is 14.4. The molecule has 3 aromatic rings. The number of aliphatic hydroxyl groups excluding tert-OH is 1. The zero-order valence-corrected chi connectivity index (χ0v) is 13.4. The molecule has 0 aromatic carbocycles. The lowest BCUT2D eigenvalue weighted by molar-refractivity contribution is 0.0961. The molecule has 3 N–H and O–H groups in total. The van der Waals surface area contributed by atoms with Gasteiger partial charge in [-0.2, -0.15) is 4.98 Å². The van der Waals surface area contributed by atoms with Gasteiger partial charge in [-0.05, 0) is 30.2 Å². The number of aromatic nitrogens is 4. The lowest BCUT2D eigenvalue weighted by Crippen LogP contribution is -2.36. The zero-order valence-electron chi connectivity index (χ0n) is 12.5. The predicted octanol–water partition coefficient (Wildman–Crippen LogP) is 1.72. The Bertz CT molecular complexity index is 794. The summed E-state index contributed by atoms with van der Waals surface area (Å²) < 4.78 is 1.66. The summed E-state index contributed by atoms with van der Waals surface area (Å²) in [7, 11) is 0. The Morgan fingerprint density at radius 1 is 1.35 bits per heavy atom. The van der Waals surface area contributed by atoms with Crippen LogP contribution in [0.15, 0.2) is 29.9 Å². The maximum absolute atomic E-state index is 10.5. The highest BCUT2D eigenvalue weighted by atomic mass is 32.1. The van der Waals surface area contributed by atoms with Crippen LogP contribution in [0.25, 0.3) is 5.65 Å². The highest BCUT2D eigenvalue weighted by Crippen LogP contribution is 2.34. The van der Waals surface area contributed by atoms with Gasteiger partial charge in [0.1, 0.15) is 12.1 Å². The summed E-state index contributed by atoms with van der Waals surface area (Å²) in [5.41, 5.74) is 6.66. The number of thiophene rings is 1. The van der Waals surface area contributed by atoms with Crippen molar-refractivity contribution in [3.05, 3.63) is 34.8 Å². The van der Waals surface area contributed by atoms with Crippen molar-refractivity contribution in [1.82, 2.24) is 19.6 Å². The molecule has 0 bridgehead atoms. The van der Waals surface area contributed by atoms with Crippen molar-refractivity contribution in [2.24, 2.45) is 5.92 Å². The van der Waals surface area contributed by atoms with E-state index in [-0.39, 0.29) is 6.10 Å². The molecule has 0 radical (unpaired) electrons. The number of piperidine rings is 1. The van der Waals surface area contributed by atoms with E-state index in [4.69, 9.17) is 5.73 Å². The fourth-order valence-electron chi connectivity index (χ4n) is 3.14. The second-order valence-electron chi connectivity index (χ2n) is 5.82. The quantitative estimate of drug-likeness (QED) is 0.759. The highest BCUT2D eigenvalue weighted by Gasteiger charge is 2.27. The number of nitrogen functional groups attached to an aromatic ring is 1. The molecule has 1 saturated heterocycles. The number of fused-ring (bicyclic) bond motifs is 1. The van der Waals surface area contributed by atoms with Crippen LogP contribution in [-0.4, -0.2) is 37.8 Å². The third kappa shape index (κ3) is 2.64. The van der Waals surface area contributed by atoms with Crippen molar-refractivity contribution in [3.8, 4) is 0 Å². The average Bonchev–Trinajstić information content (AvgIpc) is 3.26. The average molecular weight is 330 g/mol. The van der Waals surface area contributed by atoms with E-state index in [2.05, 4.69) is 20.1 Å². The van der Waals surface area contributed by atoms with E-state index in [1.165, 1.54) is 0 Å². The van der Waals surface area contributed by atoms with Gasteiger partial charge >= 0.3 is 0 Å². The highest BCUT2D eigenvalue weighted by molar-refractivity contribution is 7.10. The third-order valence-corrected chi connectivity index (χ3v) is 5.40. The van der Waals surface area contributed by atoms with Crippen molar-refractivity contribution >= 4 is 28.8 Å². The van der Waals surface area contributed by atoms with Crippen LogP contribution >= 0.6 is 11.3 Å². The van der Waals surface area contributed by atoms with Crippen LogP contribution in [0.4, 0.5) is 11.8 Å². The van der Waals surface area contributed by atoms with E-state index in [0.29, 0.717) is 17.5 Å². The van der Waals surface area contributed by atoms with Crippen LogP contribution in [0, 0.1) is 5.92 Å². The summed E-state index contributed by atoms with van der Waals surface area (Å²) in [5, 5.41) is 20.4. The molecule has 8 heteroatoms. The molecule has 23 heavy (non-hydrogen) atoms. The summed E-state index contributed by atoms with van der Waals surface area (Å²) in [5.74, 6) is 1.51.